The minimum atomic E-state index is -4.64. The van der Waals surface area contributed by atoms with Crippen LogP contribution in [-0.2, 0) is 13.2 Å². The summed E-state index contributed by atoms with van der Waals surface area (Å²) in [5.74, 6) is -0.161. The number of benzene rings is 1. The third kappa shape index (κ3) is 3.24. The van der Waals surface area contributed by atoms with Gasteiger partial charge in [-0.2, -0.15) is 28.8 Å². The maximum atomic E-state index is 13.0. The molecule has 140 valence electrons. The van der Waals surface area contributed by atoms with Crippen LogP contribution in [0.4, 0.5) is 19.0 Å². The molecule has 0 atom stereocenters. The first-order chi connectivity index (χ1) is 13.2. The number of nitrogen functional groups attached to an aromatic ring is 1. The van der Waals surface area contributed by atoms with E-state index in [-0.39, 0.29) is 33.8 Å². The Bertz CT molecular complexity index is 1170. The van der Waals surface area contributed by atoms with E-state index in [2.05, 4.69) is 10.1 Å². The molecule has 0 radical (unpaired) electrons. The number of nitriles is 2. The highest BCUT2D eigenvalue weighted by Crippen LogP contribution is 2.40. The van der Waals surface area contributed by atoms with Crippen molar-refractivity contribution in [1.82, 2.24) is 14.8 Å². The molecule has 3 rings (SSSR count). The van der Waals surface area contributed by atoms with Gasteiger partial charge in [0.1, 0.15) is 23.5 Å². The molecule has 0 amide bonds. The quantitative estimate of drug-likeness (QED) is 0.693. The fourth-order valence-corrected chi connectivity index (χ4v) is 3.06. The first kappa shape index (κ1) is 19.2. The molecule has 0 spiro atoms. The van der Waals surface area contributed by atoms with Gasteiger partial charge in [0.2, 0.25) is 0 Å². The summed E-state index contributed by atoms with van der Waals surface area (Å²) < 4.78 is 40.5. The molecular weight excluding hydrogens is 393 g/mol. The van der Waals surface area contributed by atoms with Crippen LogP contribution in [0.15, 0.2) is 30.6 Å². The summed E-state index contributed by atoms with van der Waals surface area (Å²) >= 11 is 5.81. The lowest BCUT2D eigenvalue weighted by Crippen LogP contribution is -2.07. The van der Waals surface area contributed by atoms with Crippen molar-refractivity contribution in [2.24, 2.45) is 7.05 Å². The molecule has 0 aliphatic rings. The smallest absolute Gasteiger partial charge is 0.383 e. The highest BCUT2D eigenvalue weighted by molar-refractivity contribution is 6.31. The van der Waals surface area contributed by atoms with Crippen molar-refractivity contribution in [3.05, 3.63) is 52.3 Å². The molecule has 0 bridgehead atoms. The number of hydrogen-bond donors (Lipinski definition) is 1. The first-order valence-corrected chi connectivity index (χ1v) is 8.05. The van der Waals surface area contributed by atoms with Crippen LogP contribution in [0.3, 0.4) is 0 Å². The second-order valence-electron chi connectivity index (χ2n) is 5.79. The van der Waals surface area contributed by atoms with E-state index >= 15 is 0 Å². The molecule has 2 aromatic heterocycles. The van der Waals surface area contributed by atoms with E-state index in [4.69, 9.17) is 17.3 Å². The molecule has 2 N–H and O–H groups in total. The third-order valence-corrected chi connectivity index (χ3v) is 4.30. The number of halogens is 4. The number of rotatable bonds is 2. The van der Waals surface area contributed by atoms with Crippen molar-refractivity contribution in [3.8, 4) is 34.5 Å². The number of aryl methyl sites for hydroxylation is 1. The zero-order valence-corrected chi connectivity index (χ0v) is 15.0. The van der Waals surface area contributed by atoms with Crippen molar-refractivity contribution in [2.75, 3.05) is 5.73 Å². The summed E-state index contributed by atoms with van der Waals surface area (Å²) in [6.45, 7) is 0. The van der Waals surface area contributed by atoms with Gasteiger partial charge < -0.3 is 5.73 Å². The molecule has 10 heteroatoms. The fourth-order valence-electron chi connectivity index (χ4n) is 2.77. The summed E-state index contributed by atoms with van der Waals surface area (Å²) in [4.78, 5) is 4.13. The van der Waals surface area contributed by atoms with E-state index in [1.807, 2.05) is 12.1 Å². The monoisotopic (exact) mass is 402 g/mol. The van der Waals surface area contributed by atoms with Gasteiger partial charge in [-0.15, -0.1) is 0 Å². The largest absolute Gasteiger partial charge is 0.417 e. The maximum Gasteiger partial charge on any atom is 0.417 e. The number of anilines is 1. The second kappa shape index (κ2) is 6.87. The molecule has 1 aromatic carbocycles. The average molecular weight is 403 g/mol. The van der Waals surface area contributed by atoms with E-state index in [1.54, 1.807) is 13.2 Å². The Labute approximate surface area is 162 Å². The normalized spacial score (nSPS) is 11.1. The zero-order chi connectivity index (χ0) is 20.6. The molecule has 0 unspecified atom stereocenters. The van der Waals surface area contributed by atoms with Crippen LogP contribution in [0.25, 0.3) is 22.4 Å². The second-order valence-corrected chi connectivity index (χ2v) is 6.20. The van der Waals surface area contributed by atoms with Crippen molar-refractivity contribution < 1.29 is 13.2 Å². The Morgan fingerprint density at radius 3 is 2.32 bits per heavy atom. The molecule has 0 saturated carbocycles. The summed E-state index contributed by atoms with van der Waals surface area (Å²) in [7, 11) is 1.67. The number of alkyl halides is 3. The SMILES string of the molecule is Cn1cc(-c2nc(N)c(C#N)c(-c3ccc(C(F)(F)F)c(Cl)c3)c2C#N)cn1. The third-order valence-electron chi connectivity index (χ3n) is 3.99. The predicted octanol–water partition coefficient (Wildman–Crippen LogP) is 4.15. The van der Waals surface area contributed by atoms with E-state index in [0.717, 1.165) is 18.2 Å². The van der Waals surface area contributed by atoms with Gasteiger partial charge in [-0.1, -0.05) is 17.7 Å². The Kier molecular flexibility index (Phi) is 4.72. The lowest BCUT2D eigenvalue weighted by atomic mass is 9.92. The lowest BCUT2D eigenvalue weighted by Gasteiger charge is -2.14. The van der Waals surface area contributed by atoms with Crippen LogP contribution in [0, 0.1) is 22.7 Å². The first-order valence-electron chi connectivity index (χ1n) is 7.67. The molecule has 6 nitrogen and oxygen atoms in total. The standard InChI is InChI=1S/C18H10ClF3N6/c1-28-8-10(7-26-28)16-11(5-23)15(12(6-24)17(25)27-16)9-2-3-13(14(19)4-9)18(20,21)22/h2-4,7-8H,1H3,(H2,25,27). The minimum absolute atomic E-state index is 0.0189. The lowest BCUT2D eigenvalue weighted by molar-refractivity contribution is -0.137. The van der Waals surface area contributed by atoms with E-state index in [9.17, 15) is 23.7 Å². The van der Waals surface area contributed by atoms with E-state index in [0.29, 0.717) is 5.56 Å². The van der Waals surface area contributed by atoms with Crippen LogP contribution >= 0.6 is 11.6 Å². The number of pyridine rings is 1. The van der Waals surface area contributed by atoms with Crippen LogP contribution < -0.4 is 5.73 Å². The summed E-state index contributed by atoms with van der Waals surface area (Å²) in [6, 6.07) is 6.80. The summed E-state index contributed by atoms with van der Waals surface area (Å²) in [5.41, 5.74) is 5.56. The zero-order valence-electron chi connectivity index (χ0n) is 14.2. The number of hydrogen-bond acceptors (Lipinski definition) is 5. The van der Waals surface area contributed by atoms with Crippen molar-refractivity contribution in [1.29, 1.82) is 10.5 Å². The van der Waals surface area contributed by atoms with Crippen LogP contribution in [0.1, 0.15) is 16.7 Å². The Balaban J connectivity index is 2.35. The molecular formula is C18H10ClF3N6. The molecule has 0 aliphatic heterocycles. The molecule has 0 aliphatic carbocycles. The molecule has 2 heterocycles. The minimum Gasteiger partial charge on any atom is -0.383 e. The Hall–Kier alpha value is -3.56. The van der Waals surface area contributed by atoms with E-state index < -0.39 is 16.8 Å². The van der Waals surface area contributed by atoms with Gasteiger partial charge in [0, 0.05) is 24.4 Å². The van der Waals surface area contributed by atoms with Gasteiger partial charge in [-0.05, 0) is 17.7 Å². The van der Waals surface area contributed by atoms with Crippen LogP contribution in [0.2, 0.25) is 5.02 Å². The van der Waals surface area contributed by atoms with Gasteiger partial charge in [0.05, 0.1) is 28.0 Å². The highest BCUT2D eigenvalue weighted by atomic mass is 35.5. The van der Waals surface area contributed by atoms with Gasteiger partial charge in [0.25, 0.3) is 0 Å². The van der Waals surface area contributed by atoms with Crippen LogP contribution in [-0.4, -0.2) is 14.8 Å². The topological polar surface area (TPSA) is 104 Å². The fraction of sp³-hybridized carbons (Fsp3) is 0.111. The molecule has 28 heavy (non-hydrogen) atoms. The number of nitrogens with two attached hydrogens (primary N) is 1. The number of aromatic nitrogens is 3. The van der Waals surface area contributed by atoms with Gasteiger partial charge >= 0.3 is 6.18 Å². The van der Waals surface area contributed by atoms with Crippen molar-refractivity contribution >= 4 is 17.4 Å². The predicted molar refractivity (Wildman–Crippen MR) is 95.7 cm³/mol. The Morgan fingerprint density at radius 2 is 1.82 bits per heavy atom. The van der Waals surface area contributed by atoms with Gasteiger partial charge in [-0.3, -0.25) is 4.68 Å². The molecule has 0 fully saturated rings. The molecule has 3 aromatic rings. The van der Waals surface area contributed by atoms with Crippen molar-refractivity contribution in [2.45, 2.75) is 6.18 Å². The van der Waals surface area contributed by atoms with Gasteiger partial charge in [-0.25, -0.2) is 4.98 Å². The number of nitrogens with zero attached hydrogens (tertiary/aromatic N) is 5. The highest BCUT2D eigenvalue weighted by Gasteiger charge is 2.33. The summed E-state index contributed by atoms with van der Waals surface area (Å²) in [5, 5.41) is 22.7. The van der Waals surface area contributed by atoms with Gasteiger partial charge in [0.15, 0.2) is 0 Å². The van der Waals surface area contributed by atoms with E-state index in [1.165, 1.54) is 10.9 Å². The Morgan fingerprint density at radius 1 is 1.14 bits per heavy atom. The van der Waals surface area contributed by atoms with Crippen molar-refractivity contribution in [3.63, 3.8) is 0 Å². The average Bonchev–Trinajstić information content (AvgIpc) is 3.05. The maximum absolute atomic E-state index is 13.0. The van der Waals surface area contributed by atoms with Crippen LogP contribution in [0.5, 0.6) is 0 Å². The molecule has 0 saturated heterocycles. The summed E-state index contributed by atoms with van der Waals surface area (Å²) in [6.07, 6.45) is -1.58.